The minimum absolute atomic E-state index is 0.121. The first-order chi connectivity index (χ1) is 8.65. The Balaban J connectivity index is 2.52. The van der Waals surface area contributed by atoms with E-state index in [9.17, 15) is 0 Å². The Morgan fingerprint density at radius 3 is 2.39 bits per heavy atom. The van der Waals surface area contributed by atoms with Crippen LogP contribution in [0.4, 0.5) is 0 Å². The van der Waals surface area contributed by atoms with Crippen LogP contribution in [0.25, 0.3) is 0 Å². The average Bonchev–Trinajstić information content (AvgIpc) is 2.39. The van der Waals surface area contributed by atoms with Crippen LogP contribution in [0.3, 0.4) is 0 Å². The van der Waals surface area contributed by atoms with Crippen molar-refractivity contribution < 1.29 is 4.74 Å². The molecule has 0 radical (unpaired) electrons. The van der Waals surface area contributed by atoms with E-state index in [0.29, 0.717) is 6.10 Å². The molecule has 0 spiro atoms. The van der Waals surface area contributed by atoms with Gasteiger partial charge in [0.25, 0.3) is 0 Å². The summed E-state index contributed by atoms with van der Waals surface area (Å²) in [5, 5.41) is 3.51. The van der Waals surface area contributed by atoms with Gasteiger partial charge in [0.1, 0.15) is 0 Å². The molecule has 0 saturated heterocycles. The van der Waals surface area contributed by atoms with Gasteiger partial charge in [0.15, 0.2) is 0 Å². The molecule has 1 aliphatic rings. The van der Waals surface area contributed by atoms with Gasteiger partial charge in [0.2, 0.25) is 0 Å². The van der Waals surface area contributed by atoms with Gasteiger partial charge in [-0.05, 0) is 51.5 Å². The molecule has 0 aliphatic heterocycles. The molecule has 0 bridgehead atoms. The first kappa shape index (κ1) is 16.0. The predicted molar refractivity (Wildman–Crippen MR) is 79.0 cm³/mol. The summed E-state index contributed by atoms with van der Waals surface area (Å²) in [6.45, 7) is 11.0. The largest absolute Gasteiger partial charge is 0.371 e. The van der Waals surface area contributed by atoms with E-state index in [1.165, 1.54) is 38.5 Å². The zero-order chi connectivity index (χ0) is 13.4. The lowest BCUT2D eigenvalue weighted by Gasteiger charge is -2.42. The third-order valence-electron chi connectivity index (χ3n) is 4.44. The summed E-state index contributed by atoms with van der Waals surface area (Å²) in [7, 11) is 0. The van der Waals surface area contributed by atoms with E-state index in [0.717, 1.165) is 25.4 Å². The molecule has 0 aromatic rings. The van der Waals surface area contributed by atoms with Crippen molar-refractivity contribution in [3.63, 3.8) is 0 Å². The SMILES string of the molecule is CCCC1CCC(CNCC)(OC(C)CC)CC1. The molecule has 1 atom stereocenters. The van der Waals surface area contributed by atoms with Crippen LogP contribution in [0, 0.1) is 5.92 Å². The Morgan fingerprint density at radius 1 is 1.22 bits per heavy atom. The molecule has 1 saturated carbocycles. The van der Waals surface area contributed by atoms with Crippen molar-refractivity contribution in [2.45, 2.75) is 84.3 Å². The normalized spacial score (nSPS) is 30.3. The zero-order valence-corrected chi connectivity index (χ0v) is 12.9. The van der Waals surface area contributed by atoms with E-state index >= 15 is 0 Å². The maximum Gasteiger partial charge on any atom is 0.0810 e. The summed E-state index contributed by atoms with van der Waals surface area (Å²) in [6, 6.07) is 0. The van der Waals surface area contributed by atoms with Crippen molar-refractivity contribution in [2.24, 2.45) is 5.92 Å². The van der Waals surface area contributed by atoms with E-state index in [-0.39, 0.29) is 5.60 Å². The predicted octanol–water partition coefficient (Wildman–Crippen LogP) is 4.14. The monoisotopic (exact) mass is 255 g/mol. The molecular formula is C16H33NO. The van der Waals surface area contributed by atoms with Gasteiger partial charge in [-0.2, -0.15) is 0 Å². The van der Waals surface area contributed by atoms with E-state index < -0.39 is 0 Å². The number of nitrogens with one attached hydrogen (secondary N) is 1. The van der Waals surface area contributed by atoms with Gasteiger partial charge in [-0.15, -0.1) is 0 Å². The van der Waals surface area contributed by atoms with Crippen LogP contribution in [-0.4, -0.2) is 24.8 Å². The Bertz CT molecular complexity index is 209. The molecule has 0 aromatic carbocycles. The van der Waals surface area contributed by atoms with Gasteiger partial charge >= 0.3 is 0 Å². The summed E-state index contributed by atoms with van der Waals surface area (Å²) >= 11 is 0. The Morgan fingerprint density at radius 2 is 1.89 bits per heavy atom. The lowest BCUT2D eigenvalue weighted by atomic mass is 9.77. The first-order valence-corrected chi connectivity index (χ1v) is 8.04. The molecule has 1 N–H and O–H groups in total. The molecular weight excluding hydrogens is 222 g/mol. The highest BCUT2D eigenvalue weighted by Crippen LogP contribution is 2.37. The maximum atomic E-state index is 6.39. The molecule has 2 nitrogen and oxygen atoms in total. The maximum absolute atomic E-state index is 6.39. The fraction of sp³-hybridized carbons (Fsp3) is 1.00. The van der Waals surface area contributed by atoms with Gasteiger partial charge in [0, 0.05) is 6.54 Å². The van der Waals surface area contributed by atoms with Gasteiger partial charge in [-0.25, -0.2) is 0 Å². The summed E-state index contributed by atoms with van der Waals surface area (Å²) in [5.74, 6) is 0.949. The van der Waals surface area contributed by atoms with Crippen LogP contribution < -0.4 is 5.32 Å². The van der Waals surface area contributed by atoms with Crippen molar-refractivity contribution >= 4 is 0 Å². The molecule has 1 rings (SSSR count). The zero-order valence-electron chi connectivity index (χ0n) is 12.9. The fourth-order valence-electron chi connectivity index (χ4n) is 3.10. The average molecular weight is 255 g/mol. The van der Waals surface area contributed by atoms with Crippen LogP contribution in [0.5, 0.6) is 0 Å². The van der Waals surface area contributed by atoms with E-state index in [2.05, 4.69) is 33.0 Å². The van der Waals surface area contributed by atoms with Gasteiger partial charge < -0.3 is 10.1 Å². The van der Waals surface area contributed by atoms with Crippen molar-refractivity contribution in [2.75, 3.05) is 13.1 Å². The highest BCUT2D eigenvalue weighted by atomic mass is 16.5. The molecule has 1 unspecified atom stereocenters. The highest BCUT2D eigenvalue weighted by molar-refractivity contribution is 4.90. The van der Waals surface area contributed by atoms with E-state index in [1.54, 1.807) is 0 Å². The lowest BCUT2D eigenvalue weighted by molar-refractivity contribution is -0.112. The summed E-state index contributed by atoms with van der Waals surface area (Å²) in [5.41, 5.74) is 0.121. The molecule has 18 heavy (non-hydrogen) atoms. The molecule has 0 amide bonds. The third-order valence-corrected chi connectivity index (χ3v) is 4.44. The topological polar surface area (TPSA) is 21.3 Å². The van der Waals surface area contributed by atoms with Crippen molar-refractivity contribution in [1.82, 2.24) is 5.32 Å². The van der Waals surface area contributed by atoms with Gasteiger partial charge in [-0.1, -0.05) is 33.6 Å². The van der Waals surface area contributed by atoms with Crippen molar-refractivity contribution in [1.29, 1.82) is 0 Å². The van der Waals surface area contributed by atoms with Crippen molar-refractivity contribution in [3.8, 4) is 0 Å². The van der Waals surface area contributed by atoms with Crippen LogP contribution in [0.15, 0.2) is 0 Å². The summed E-state index contributed by atoms with van der Waals surface area (Å²) in [6.07, 6.45) is 9.45. The molecule has 108 valence electrons. The molecule has 2 heteroatoms. The number of hydrogen-bond acceptors (Lipinski definition) is 2. The fourth-order valence-corrected chi connectivity index (χ4v) is 3.10. The summed E-state index contributed by atoms with van der Waals surface area (Å²) in [4.78, 5) is 0. The van der Waals surface area contributed by atoms with Crippen LogP contribution in [-0.2, 0) is 4.74 Å². The van der Waals surface area contributed by atoms with Crippen LogP contribution in [0.1, 0.15) is 72.6 Å². The second kappa shape index (κ2) is 8.16. The number of hydrogen-bond donors (Lipinski definition) is 1. The van der Waals surface area contributed by atoms with Gasteiger partial charge in [0.05, 0.1) is 11.7 Å². The molecule has 1 aliphatic carbocycles. The minimum Gasteiger partial charge on any atom is -0.371 e. The number of likely N-dealkylation sites (N-methyl/N-ethyl adjacent to an activating group) is 1. The molecule has 1 fully saturated rings. The summed E-state index contributed by atoms with van der Waals surface area (Å²) < 4.78 is 6.39. The molecule has 0 aromatic heterocycles. The van der Waals surface area contributed by atoms with Crippen molar-refractivity contribution in [3.05, 3.63) is 0 Å². The van der Waals surface area contributed by atoms with E-state index in [4.69, 9.17) is 4.74 Å². The lowest BCUT2D eigenvalue weighted by Crippen LogP contribution is -2.47. The Labute approximate surface area is 114 Å². The Kier molecular flexibility index (Phi) is 7.25. The van der Waals surface area contributed by atoms with Gasteiger partial charge in [-0.3, -0.25) is 0 Å². The van der Waals surface area contributed by atoms with E-state index in [1.807, 2.05) is 0 Å². The number of rotatable bonds is 8. The quantitative estimate of drug-likeness (QED) is 0.704. The smallest absolute Gasteiger partial charge is 0.0810 e. The second-order valence-electron chi connectivity index (χ2n) is 6.03. The number of ether oxygens (including phenoxy) is 1. The standard InChI is InChI=1S/C16H33NO/c1-5-8-15-9-11-16(12-10-15,13-17-7-3)18-14(4)6-2/h14-15,17H,5-13H2,1-4H3. The Hall–Kier alpha value is -0.0800. The van der Waals surface area contributed by atoms with Crippen LogP contribution >= 0.6 is 0 Å². The molecule has 0 heterocycles. The minimum atomic E-state index is 0.121. The second-order valence-corrected chi connectivity index (χ2v) is 6.03. The third kappa shape index (κ3) is 4.89. The van der Waals surface area contributed by atoms with Crippen LogP contribution in [0.2, 0.25) is 0 Å². The first-order valence-electron chi connectivity index (χ1n) is 8.04. The highest BCUT2D eigenvalue weighted by Gasteiger charge is 2.36.